The van der Waals surface area contributed by atoms with E-state index >= 15 is 0 Å². The van der Waals surface area contributed by atoms with Crippen LogP contribution in [0, 0.1) is 0 Å². The third kappa shape index (κ3) is 3.71. The molecule has 0 aliphatic carbocycles. The Bertz CT molecular complexity index is 294. The topological polar surface area (TPSA) is 3.24 Å². The van der Waals surface area contributed by atoms with Crippen molar-refractivity contribution in [3.05, 3.63) is 29.8 Å². The molecule has 0 fully saturated rings. The molecule has 1 aromatic carbocycles. The van der Waals surface area contributed by atoms with Crippen LogP contribution in [-0.4, -0.2) is 19.5 Å². The molecule has 0 aliphatic rings. The quantitative estimate of drug-likeness (QED) is 0.671. The van der Waals surface area contributed by atoms with Crippen LogP contribution >= 0.6 is 11.6 Å². The number of nitrogens with zero attached hydrogens (tertiary/aromatic N) is 1. The van der Waals surface area contributed by atoms with Gasteiger partial charge in [-0.3, -0.25) is 0 Å². The van der Waals surface area contributed by atoms with Crippen LogP contribution in [0.5, 0.6) is 0 Å². The van der Waals surface area contributed by atoms with E-state index in [0.717, 1.165) is 18.8 Å². The second kappa shape index (κ2) is 6.80. The first kappa shape index (κ1) is 13.4. The first-order valence-electron chi connectivity index (χ1n) is 6.06. The zero-order valence-electron chi connectivity index (χ0n) is 10.5. The van der Waals surface area contributed by atoms with Crippen molar-refractivity contribution in [3.63, 3.8) is 0 Å². The summed E-state index contributed by atoms with van der Waals surface area (Å²) >= 11 is 5.69. The van der Waals surface area contributed by atoms with E-state index in [1.165, 1.54) is 17.7 Å². The van der Waals surface area contributed by atoms with Crippen LogP contribution in [0.15, 0.2) is 24.3 Å². The lowest BCUT2D eigenvalue weighted by Crippen LogP contribution is -2.18. The van der Waals surface area contributed by atoms with Gasteiger partial charge in [0, 0.05) is 25.2 Å². The molecule has 0 heterocycles. The summed E-state index contributed by atoms with van der Waals surface area (Å²) in [6.45, 7) is 5.52. The van der Waals surface area contributed by atoms with Gasteiger partial charge < -0.3 is 4.90 Å². The summed E-state index contributed by atoms with van der Waals surface area (Å²) in [5.74, 6) is 1.39. The third-order valence-electron chi connectivity index (χ3n) is 3.14. The fourth-order valence-electron chi connectivity index (χ4n) is 1.72. The van der Waals surface area contributed by atoms with Gasteiger partial charge in [-0.25, -0.2) is 0 Å². The monoisotopic (exact) mass is 239 g/mol. The lowest BCUT2D eigenvalue weighted by Gasteiger charge is -2.19. The van der Waals surface area contributed by atoms with Crippen LogP contribution in [0.25, 0.3) is 0 Å². The minimum absolute atomic E-state index is 0.655. The minimum Gasteiger partial charge on any atom is -0.375 e. The Morgan fingerprint density at radius 3 is 2.38 bits per heavy atom. The second-order valence-electron chi connectivity index (χ2n) is 4.36. The minimum atomic E-state index is 0.655. The fraction of sp³-hybridized carbons (Fsp3) is 0.571. The van der Waals surface area contributed by atoms with Gasteiger partial charge in [0.25, 0.3) is 0 Å². The first-order chi connectivity index (χ1) is 7.69. The molecule has 1 rings (SSSR count). The highest BCUT2D eigenvalue weighted by molar-refractivity contribution is 6.17. The van der Waals surface area contributed by atoms with Crippen molar-refractivity contribution >= 4 is 17.3 Å². The van der Waals surface area contributed by atoms with Crippen molar-refractivity contribution in [1.29, 1.82) is 0 Å². The molecule has 1 atom stereocenters. The lowest BCUT2D eigenvalue weighted by molar-refractivity contribution is 0.733. The normalized spacial score (nSPS) is 12.5. The van der Waals surface area contributed by atoms with Crippen LogP contribution in [0.3, 0.4) is 0 Å². The second-order valence-corrected chi connectivity index (χ2v) is 4.74. The van der Waals surface area contributed by atoms with Gasteiger partial charge in [0.05, 0.1) is 0 Å². The summed E-state index contributed by atoms with van der Waals surface area (Å²) in [5.41, 5.74) is 2.70. The maximum Gasteiger partial charge on any atom is 0.0363 e. The zero-order valence-corrected chi connectivity index (χ0v) is 11.3. The van der Waals surface area contributed by atoms with Gasteiger partial charge in [0.15, 0.2) is 0 Å². The number of rotatable bonds is 6. The number of hydrogen-bond donors (Lipinski definition) is 0. The van der Waals surface area contributed by atoms with Crippen LogP contribution < -0.4 is 4.90 Å². The van der Waals surface area contributed by atoms with E-state index in [4.69, 9.17) is 11.6 Å². The maximum absolute atomic E-state index is 5.69. The highest BCUT2D eigenvalue weighted by atomic mass is 35.5. The summed E-state index contributed by atoms with van der Waals surface area (Å²) in [5, 5.41) is 0. The third-order valence-corrected chi connectivity index (χ3v) is 3.41. The molecule has 0 bridgehead atoms. The van der Waals surface area contributed by atoms with Gasteiger partial charge >= 0.3 is 0 Å². The molecule has 1 unspecified atom stereocenters. The smallest absolute Gasteiger partial charge is 0.0363 e. The van der Waals surface area contributed by atoms with Gasteiger partial charge in [-0.1, -0.05) is 26.0 Å². The predicted octanol–water partition coefficient (Wildman–Crippen LogP) is 4.27. The molecule has 1 aromatic rings. The Morgan fingerprint density at radius 1 is 1.25 bits per heavy atom. The molecule has 0 aromatic heterocycles. The van der Waals surface area contributed by atoms with Gasteiger partial charge in [0.2, 0.25) is 0 Å². The van der Waals surface area contributed by atoms with E-state index in [0.29, 0.717) is 5.92 Å². The van der Waals surface area contributed by atoms with Crippen molar-refractivity contribution in [1.82, 2.24) is 0 Å². The predicted molar refractivity (Wildman–Crippen MR) is 73.8 cm³/mol. The maximum atomic E-state index is 5.69. The van der Waals surface area contributed by atoms with Crippen molar-refractivity contribution in [3.8, 4) is 0 Å². The van der Waals surface area contributed by atoms with Gasteiger partial charge in [0.1, 0.15) is 0 Å². The Kier molecular flexibility index (Phi) is 5.68. The first-order valence-corrected chi connectivity index (χ1v) is 6.59. The zero-order chi connectivity index (χ0) is 12.0. The van der Waals surface area contributed by atoms with Crippen molar-refractivity contribution in [2.75, 3.05) is 24.4 Å². The highest BCUT2D eigenvalue weighted by Gasteiger charge is 2.04. The summed E-state index contributed by atoms with van der Waals surface area (Å²) in [6, 6.07) is 8.88. The molecule has 90 valence electrons. The highest BCUT2D eigenvalue weighted by Crippen LogP contribution is 2.21. The molecule has 2 heteroatoms. The molecule has 0 aliphatic heterocycles. The summed E-state index contributed by atoms with van der Waals surface area (Å²) in [7, 11) is 2.12. The Labute approximate surface area is 104 Å². The molecule has 1 nitrogen and oxygen atoms in total. The van der Waals surface area contributed by atoms with Crippen molar-refractivity contribution < 1.29 is 0 Å². The summed E-state index contributed by atoms with van der Waals surface area (Å²) in [4.78, 5) is 2.25. The van der Waals surface area contributed by atoms with Crippen LogP contribution in [0.1, 0.15) is 38.2 Å². The van der Waals surface area contributed by atoms with E-state index in [2.05, 4.69) is 50.1 Å². The molecule has 0 spiro atoms. The molecule has 16 heavy (non-hydrogen) atoms. The van der Waals surface area contributed by atoms with E-state index in [-0.39, 0.29) is 0 Å². The average Bonchev–Trinajstić information content (AvgIpc) is 2.35. The Morgan fingerprint density at radius 2 is 1.88 bits per heavy atom. The molecular formula is C14H22ClN. The summed E-state index contributed by atoms with van der Waals surface area (Å²) in [6.07, 6.45) is 2.23. The largest absolute Gasteiger partial charge is 0.375 e. The van der Waals surface area contributed by atoms with Crippen LogP contribution in [0.4, 0.5) is 5.69 Å². The molecular weight excluding hydrogens is 218 g/mol. The van der Waals surface area contributed by atoms with E-state index in [9.17, 15) is 0 Å². The van der Waals surface area contributed by atoms with E-state index in [1.54, 1.807) is 0 Å². The SMILES string of the molecule is CCC(C)c1ccc(N(C)CCCCl)cc1. The Hall–Kier alpha value is -0.690. The fourth-order valence-corrected chi connectivity index (χ4v) is 1.84. The molecule has 0 saturated carbocycles. The van der Waals surface area contributed by atoms with Crippen molar-refractivity contribution in [2.24, 2.45) is 0 Å². The average molecular weight is 240 g/mol. The number of halogens is 1. The van der Waals surface area contributed by atoms with Gasteiger partial charge in [-0.05, 0) is 36.5 Å². The molecule has 0 N–H and O–H groups in total. The van der Waals surface area contributed by atoms with E-state index in [1.807, 2.05) is 0 Å². The molecule has 0 saturated heterocycles. The van der Waals surface area contributed by atoms with Gasteiger partial charge in [-0.15, -0.1) is 11.6 Å². The molecule has 0 radical (unpaired) electrons. The number of benzene rings is 1. The Balaban J connectivity index is 2.63. The van der Waals surface area contributed by atoms with Crippen LogP contribution in [0.2, 0.25) is 0 Å². The lowest BCUT2D eigenvalue weighted by atomic mass is 9.98. The number of alkyl halides is 1. The number of anilines is 1. The van der Waals surface area contributed by atoms with E-state index < -0.39 is 0 Å². The molecule has 0 amide bonds. The van der Waals surface area contributed by atoms with Crippen molar-refractivity contribution in [2.45, 2.75) is 32.6 Å². The number of hydrogen-bond acceptors (Lipinski definition) is 1. The summed E-state index contributed by atoms with van der Waals surface area (Å²) < 4.78 is 0. The van der Waals surface area contributed by atoms with Crippen LogP contribution in [-0.2, 0) is 0 Å². The van der Waals surface area contributed by atoms with Gasteiger partial charge in [-0.2, -0.15) is 0 Å². The standard InChI is InChI=1S/C14H22ClN/c1-4-12(2)13-6-8-14(9-7-13)16(3)11-5-10-15/h6-9,12H,4-5,10-11H2,1-3H3.